The van der Waals surface area contributed by atoms with Gasteiger partial charge in [-0.15, -0.1) is 0 Å². The maximum Gasteiger partial charge on any atom is 0.285 e. The van der Waals surface area contributed by atoms with Crippen LogP contribution in [-0.4, -0.2) is 49.9 Å². The Morgan fingerprint density at radius 3 is 2.60 bits per heavy atom. The van der Waals surface area contributed by atoms with Gasteiger partial charge in [0, 0.05) is 37.1 Å². The molecule has 5 aromatic rings. The number of carbonyl (C=O) groups excluding carboxylic acids is 1. The summed E-state index contributed by atoms with van der Waals surface area (Å²) in [5, 5.41) is 17.6. The number of rotatable bonds is 7. The van der Waals surface area contributed by atoms with Crippen LogP contribution in [0.25, 0.3) is 16.7 Å². The van der Waals surface area contributed by atoms with E-state index in [-0.39, 0.29) is 22.1 Å². The van der Waals surface area contributed by atoms with E-state index in [2.05, 4.69) is 21.4 Å². The molecule has 16 heteroatoms. The van der Waals surface area contributed by atoms with Gasteiger partial charge < -0.3 is 10.2 Å². The van der Waals surface area contributed by atoms with Gasteiger partial charge in [-0.2, -0.15) is 10.4 Å². The smallest absolute Gasteiger partial charge is 0.285 e. The second-order valence-electron chi connectivity index (χ2n) is 11.5. The Morgan fingerprint density at radius 1 is 1.15 bits per heavy atom. The first kappa shape index (κ1) is 31.6. The van der Waals surface area contributed by atoms with Crippen LogP contribution in [0.15, 0.2) is 47.5 Å². The number of amides is 1. The lowest BCUT2D eigenvalue weighted by molar-refractivity contribution is 0.0977. The summed E-state index contributed by atoms with van der Waals surface area (Å²) in [5.41, 5.74) is 4.89. The maximum absolute atomic E-state index is 13.7. The summed E-state index contributed by atoms with van der Waals surface area (Å²) >= 11 is 6.04. The number of hydrogen-bond acceptors (Lipinski definition) is 11. The number of sulfonamides is 1. The lowest BCUT2D eigenvalue weighted by Gasteiger charge is -2.23. The number of nitrogens with zero attached hydrogens (tertiary/aromatic N) is 8. The van der Waals surface area contributed by atoms with Crippen molar-refractivity contribution in [1.82, 2.24) is 34.0 Å². The van der Waals surface area contributed by atoms with Gasteiger partial charge in [-0.25, -0.2) is 32.8 Å². The third kappa shape index (κ3) is 6.12. The molecule has 240 valence electrons. The molecule has 1 aromatic carbocycles. The Hall–Kier alpha value is -5.33. The molecule has 47 heavy (non-hydrogen) atoms. The van der Waals surface area contributed by atoms with Gasteiger partial charge in [-0.1, -0.05) is 17.7 Å². The molecule has 0 radical (unpaired) electrons. The number of aryl methyl sites for hydroxylation is 2. The van der Waals surface area contributed by atoms with Crippen molar-refractivity contribution < 1.29 is 13.2 Å². The number of carbonyl (C=O) groups is 1. The molecule has 1 aliphatic heterocycles. The van der Waals surface area contributed by atoms with E-state index in [1.54, 1.807) is 23.9 Å². The standard InChI is InChI=1S/C31H29ClN10O4S/c1-16-8-21(18(3)35-23-6-7-25(32)36-27(23)29(43)39-47(5,45)46)26-22(9-16)30(44)40(4)31(37-26)41-13-20-14-42(38-24(20)15-41)28-17(2)10-19(11-33)12-34-28/h6-10,12,14,18,35H,13,15H2,1-5H3,(H,39,43)/t18-/m1/s1. The highest BCUT2D eigenvalue weighted by Crippen LogP contribution is 2.31. The molecule has 0 spiro atoms. The number of pyridine rings is 2. The minimum Gasteiger partial charge on any atom is -0.377 e. The lowest BCUT2D eigenvalue weighted by atomic mass is 10.0. The molecule has 0 saturated heterocycles. The van der Waals surface area contributed by atoms with Gasteiger partial charge in [-0.05, 0) is 56.2 Å². The van der Waals surface area contributed by atoms with Gasteiger partial charge in [-0.3, -0.25) is 14.2 Å². The number of anilines is 2. The van der Waals surface area contributed by atoms with Crippen molar-refractivity contribution >= 4 is 50.1 Å². The van der Waals surface area contributed by atoms with Crippen molar-refractivity contribution in [3.63, 3.8) is 0 Å². The van der Waals surface area contributed by atoms with Crippen molar-refractivity contribution in [2.45, 2.75) is 39.9 Å². The normalized spacial score (nSPS) is 13.3. The van der Waals surface area contributed by atoms with Gasteiger partial charge in [0.1, 0.15) is 11.2 Å². The Bertz CT molecular complexity index is 2300. The van der Waals surface area contributed by atoms with Crippen LogP contribution in [-0.2, 0) is 30.2 Å². The number of hydrogen-bond donors (Lipinski definition) is 2. The number of aromatic nitrogens is 6. The largest absolute Gasteiger partial charge is 0.377 e. The fourth-order valence-corrected chi connectivity index (χ4v) is 6.26. The molecule has 5 heterocycles. The molecule has 2 N–H and O–H groups in total. The van der Waals surface area contributed by atoms with E-state index in [1.807, 2.05) is 42.7 Å². The first-order chi connectivity index (χ1) is 22.2. The van der Waals surface area contributed by atoms with E-state index in [9.17, 15) is 23.3 Å². The van der Waals surface area contributed by atoms with Gasteiger partial charge in [0.15, 0.2) is 11.5 Å². The summed E-state index contributed by atoms with van der Waals surface area (Å²) < 4.78 is 28.6. The third-order valence-corrected chi connectivity index (χ3v) is 8.55. The number of halogens is 1. The molecular weight excluding hydrogens is 644 g/mol. The highest BCUT2D eigenvalue weighted by atomic mass is 35.5. The SMILES string of the molecule is Cc1cc([C@@H](C)Nc2ccc(Cl)nc2C(=O)NS(C)(=O)=O)c2nc(N3Cc4cn(-c5ncc(C#N)cc5C)nc4C3)n(C)c(=O)c2c1. The van der Waals surface area contributed by atoms with E-state index in [1.165, 1.54) is 22.9 Å². The van der Waals surface area contributed by atoms with Crippen LogP contribution < -0.4 is 20.5 Å². The highest BCUT2D eigenvalue weighted by Gasteiger charge is 2.28. The minimum atomic E-state index is -3.86. The Morgan fingerprint density at radius 2 is 1.91 bits per heavy atom. The number of benzene rings is 1. The average Bonchev–Trinajstić information content (AvgIpc) is 3.58. The summed E-state index contributed by atoms with van der Waals surface area (Å²) in [6.07, 6.45) is 4.28. The zero-order chi connectivity index (χ0) is 33.8. The number of fused-ring (bicyclic) bond motifs is 2. The van der Waals surface area contributed by atoms with Gasteiger partial charge in [0.05, 0.1) is 46.7 Å². The van der Waals surface area contributed by atoms with Crippen molar-refractivity contribution in [2.24, 2.45) is 7.05 Å². The second-order valence-corrected chi connectivity index (χ2v) is 13.6. The molecular formula is C31H29ClN10O4S. The van der Waals surface area contributed by atoms with Crippen molar-refractivity contribution in [1.29, 1.82) is 5.26 Å². The van der Waals surface area contributed by atoms with Gasteiger partial charge >= 0.3 is 0 Å². The molecule has 0 fully saturated rings. The summed E-state index contributed by atoms with van der Waals surface area (Å²) in [4.78, 5) is 41.9. The molecule has 1 atom stereocenters. The molecule has 14 nitrogen and oxygen atoms in total. The Balaban J connectivity index is 1.34. The van der Waals surface area contributed by atoms with Crippen LogP contribution in [0.2, 0.25) is 5.15 Å². The number of nitrogens with one attached hydrogen (secondary N) is 2. The lowest BCUT2D eigenvalue weighted by Crippen LogP contribution is -2.31. The van der Waals surface area contributed by atoms with Crippen molar-refractivity contribution in [3.8, 4) is 11.9 Å². The summed E-state index contributed by atoms with van der Waals surface area (Å²) in [6.45, 7) is 6.46. The average molecular weight is 673 g/mol. The monoisotopic (exact) mass is 672 g/mol. The van der Waals surface area contributed by atoms with Gasteiger partial charge in [0.25, 0.3) is 11.5 Å². The van der Waals surface area contributed by atoms with Crippen LogP contribution in [0.1, 0.15) is 57.0 Å². The Kier molecular flexibility index (Phi) is 7.94. The van der Waals surface area contributed by atoms with Crippen LogP contribution in [0, 0.1) is 25.2 Å². The predicted molar refractivity (Wildman–Crippen MR) is 176 cm³/mol. The first-order valence-corrected chi connectivity index (χ1v) is 16.6. The molecule has 1 aliphatic rings. The second kappa shape index (κ2) is 11.8. The van der Waals surface area contributed by atoms with E-state index >= 15 is 0 Å². The Labute approximate surface area is 274 Å². The van der Waals surface area contributed by atoms with Crippen molar-refractivity contribution in [3.05, 3.63) is 97.4 Å². The molecule has 6 rings (SSSR count). The molecule has 0 unspecified atom stereocenters. The fourth-order valence-electron chi connectivity index (χ4n) is 5.68. The highest BCUT2D eigenvalue weighted by molar-refractivity contribution is 7.89. The summed E-state index contributed by atoms with van der Waals surface area (Å²) in [7, 11) is -2.18. The predicted octanol–water partition coefficient (Wildman–Crippen LogP) is 3.43. The zero-order valence-electron chi connectivity index (χ0n) is 26.0. The van der Waals surface area contributed by atoms with E-state index < -0.39 is 22.0 Å². The van der Waals surface area contributed by atoms with E-state index in [4.69, 9.17) is 21.7 Å². The van der Waals surface area contributed by atoms with Crippen LogP contribution >= 0.6 is 11.6 Å². The van der Waals surface area contributed by atoms with Crippen molar-refractivity contribution in [2.75, 3.05) is 16.5 Å². The summed E-state index contributed by atoms with van der Waals surface area (Å²) in [6, 6.07) is 10.1. The van der Waals surface area contributed by atoms with Crippen LogP contribution in [0.3, 0.4) is 0 Å². The maximum atomic E-state index is 13.7. The van der Waals surface area contributed by atoms with E-state index in [0.717, 1.165) is 28.6 Å². The topological polar surface area (TPSA) is 181 Å². The van der Waals surface area contributed by atoms with Crippen LogP contribution in [0.4, 0.5) is 11.6 Å². The molecule has 4 aromatic heterocycles. The molecule has 1 amide bonds. The van der Waals surface area contributed by atoms with Gasteiger partial charge in [0.2, 0.25) is 16.0 Å². The molecule has 0 aliphatic carbocycles. The zero-order valence-corrected chi connectivity index (χ0v) is 27.6. The fraction of sp³-hybridized carbons (Fsp3) is 0.258. The van der Waals surface area contributed by atoms with E-state index in [0.29, 0.717) is 46.9 Å². The third-order valence-electron chi connectivity index (χ3n) is 7.78. The first-order valence-electron chi connectivity index (χ1n) is 14.4. The molecule has 0 saturated carbocycles. The number of nitriles is 1. The van der Waals surface area contributed by atoms with Crippen LogP contribution in [0.5, 0.6) is 0 Å². The molecule has 0 bridgehead atoms. The quantitative estimate of drug-likeness (QED) is 0.242. The summed E-state index contributed by atoms with van der Waals surface area (Å²) in [5.74, 6) is 0.155. The minimum absolute atomic E-state index is 0.0131.